The molecule has 1 atom stereocenters. The average Bonchev–Trinajstić information content (AvgIpc) is 3.33. The van der Waals surface area contributed by atoms with Crippen LogP contribution in [-0.2, 0) is 11.2 Å². The Kier molecular flexibility index (Phi) is 4.73. The Labute approximate surface area is 154 Å². The zero-order valence-corrected chi connectivity index (χ0v) is 15.2. The summed E-state index contributed by atoms with van der Waals surface area (Å²) in [4.78, 5) is 26.1. The molecule has 0 unspecified atom stereocenters. The normalized spacial score (nSPS) is 18.9. The van der Waals surface area contributed by atoms with E-state index in [0.29, 0.717) is 6.42 Å². The maximum absolute atomic E-state index is 12.9. The smallest absolute Gasteiger partial charge is 0.224 e. The number of nitrogens with one attached hydrogen (secondary N) is 1. The van der Waals surface area contributed by atoms with E-state index in [1.807, 2.05) is 11.9 Å². The van der Waals surface area contributed by atoms with Crippen LogP contribution in [-0.4, -0.2) is 47.5 Å². The third-order valence-corrected chi connectivity index (χ3v) is 5.40. The fourth-order valence-corrected chi connectivity index (χ4v) is 4.05. The first-order valence-corrected chi connectivity index (χ1v) is 9.38. The lowest BCUT2D eigenvalue weighted by Gasteiger charge is -2.26. The van der Waals surface area contributed by atoms with Crippen molar-refractivity contribution >= 4 is 17.4 Å². The van der Waals surface area contributed by atoms with E-state index in [1.165, 1.54) is 11.3 Å². The molecule has 4 rings (SSSR count). The molecule has 6 nitrogen and oxygen atoms in total. The Hall–Kier alpha value is -2.63. The van der Waals surface area contributed by atoms with Gasteiger partial charge in [0.1, 0.15) is 5.82 Å². The number of carbonyl (C=O) groups is 1. The Bertz CT molecular complexity index is 793. The SMILES string of the molecule is CNc1cncc([C@@H]2CCCN2C(=O)CCN2CCc3ccccc32)n1. The highest BCUT2D eigenvalue weighted by molar-refractivity contribution is 5.78. The molecule has 0 aliphatic carbocycles. The third-order valence-electron chi connectivity index (χ3n) is 5.40. The van der Waals surface area contributed by atoms with Crippen molar-refractivity contribution in [3.8, 4) is 0 Å². The highest BCUT2D eigenvalue weighted by Gasteiger charge is 2.31. The van der Waals surface area contributed by atoms with Crippen LogP contribution in [0, 0.1) is 0 Å². The van der Waals surface area contributed by atoms with Crippen LogP contribution in [0.3, 0.4) is 0 Å². The molecule has 0 saturated carbocycles. The molecular formula is C20H25N5O. The van der Waals surface area contributed by atoms with E-state index >= 15 is 0 Å². The molecule has 1 N–H and O–H groups in total. The van der Waals surface area contributed by atoms with Gasteiger partial charge in [-0.1, -0.05) is 18.2 Å². The van der Waals surface area contributed by atoms with E-state index in [1.54, 1.807) is 12.4 Å². The summed E-state index contributed by atoms with van der Waals surface area (Å²) in [5.74, 6) is 0.962. The number of para-hydroxylation sites is 1. The van der Waals surface area contributed by atoms with Crippen molar-refractivity contribution in [3.05, 3.63) is 47.9 Å². The predicted molar refractivity (Wildman–Crippen MR) is 102 cm³/mol. The molecule has 0 radical (unpaired) electrons. The number of nitrogens with zero attached hydrogens (tertiary/aromatic N) is 4. The Morgan fingerprint density at radius 3 is 3.04 bits per heavy atom. The Balaban J connectivity index is 1.41. The van der Waals surface area contributed by atoms with Crippen molar-refractivity contribution in [2.45, 2.75) is 31.7 Å². The van der Waals surface area contributed by atoms with Gasteiger partial charge in [0.25, 0.3) is 0 Å². The molecule has 0 bridgehead atoms. The first-order chi connectivity index (χ1) is 12.8. The number of fused-ring (bicyclic) bond motifs is 1. The summed E-state index contributed by atoms with van der Waals surface area (Å²) in [7, 11) is 1.83. The van der Waals surface area contributed by atoms with Gasteiger partial charge in [-0.2, -0.15) is 0 Å². The minimum absolute atomic E-state index is 0.0502. The Morgan fingerprint density at radius 2 is 2.15 bits per heavy atom. The zero-order valence-electron chi connectivity index (χ0n) is 15.2. The van der Waals surface area contributed by atoms with Crippen molar-refractivity contribution in [3.63, 3.8) is 0 Å². The van der Waals surface area contributed by atoms with Gasteiger partial charge >= 0.3 is 0 Å². The van der Waals surface area contributed by atoms with Gasteiger partial charge in [0.2, 0.25) is 5.91 Å². The first kappa shape index (κ1) is 16.8. The van der Waals surface area contributed by atoms with Gasteiger partial charge in [-0.15, -0.1) is 0 Å². The summed E-state index contributed by atoms with van der Waals surface area (Å²) < 4.78 is 0. The highest BCUT2D eigenvalue weighted by Crippen LogP contribution is 2.32. The molecule has 136 valence electrons. The van der Waals surface area contributed by atoms with Crippen LogP contribution >= 0.6 is 0 Å². The van der Waals surface area contributed by atoms with E-state index < -0.39 is 0 Å². The number of carbonyl (C=O) groups excluding carboxylic acids is 1. The monoisotopic (exact) mass is 351 g/mol. The number of hydrogen-bond donors (Lipinski definition) is 1. The van der Waals surface area contributed by atoms with Gasteiger partial charge in [-0.05, 0) is 30.9 Å². The second kappa shape index (κ2) is 7.32. The van der Waals surface area contributed by atoms with Gasteiger partial charge in [-0.25, -0.2) is 4.98 Å². The van der Waals surface area contributed by atoms with Crippen molar-refractivity contribution in [1.82, 2.24) is 14.9 Å². The molecule has 0 spiro atoms. The lowest BCUT2D eigenvalue weighted by Crippen LogP contribution is -2.34. The lowest BCUT2D eigenvalue weighted by atomic mass is 10.1. The second-order valence-electron chi connectivity index (χ2n) is 6.94. The number of amides is 1. The molecule has 2 aliphatic heterocycles. The van der Waals surface area contributed by atoms with Gasteiger partial charge in [0.05, 0.1) is 24.1 Å². The molecule has 1 aromatic heterocycles. The molecule has 1 fully saturated rings. The van der Waals surface area contributed by atoms with Crippen LogP contribution in [0.25, 0.3) is 0 Å². The second-order valence-corrected chi connectivity index (χ2v) is 6.94. The van der Waals surface area contributed by atoms with Crippen molar-refractivity contribution in [2.24, 2.45) is 0 Å². The molecule has 26 heavy (non-hydrogen) atoms. The van der Waals surface area contributed by atoms with Gasteiger partial charge in [0, 0.05) is 38.8 Å². The summed E-state index contributed by atoms with van der Waals surface area (Å²) >= 11 is 0. The molecule has 1 amide bonds. The number of aromatic nitrogens is 2. The lowest BCUT2D eigenvalue weighted by molar-refractivity contribution is -0.132. The number of rotatable bonds is 5. The molecule has 1 saturated heterocycles. The van der Waals surface area contributed by atoms with Crippen LogP contribution in [0.2, 0.25) is 0 Å². The van der Waals surface area contributed by atoms with Crippen LogP contribution in [0.15, 0.2) is 36.7 Å². The topological polar surface area (TPSA) is 61.4 Å². The van der Waals surface area contributed by atoms with E-state index in [0.717, 1.165) is 50.4 Å². The average molecular weight is 351 g/mol. The van der Waals surface area contributed by atoms with Crippen molar-refractivity contribution in [2.75, 3.05) is 36.9 Å². The molecule has 1 aromatic carbocycles. The van der Waals surface area contributed by atoms with Gasteiger partial charge in [0.15, 0.2) is 0 Å². The van der Waals surface area contributed by atoms with Crippen molar-refractivity contribution in [1.29, 1.82) is 0 Å². The van der Waals surface area contributed by atoms with Crippen LogP contribution in [0.4, 0.5) is 11.5 Å². The maximum Gasteiger partial charge on any atom is 0.224 e. The summed E-state index contributed by atoms with van der Waals surface area (Å²) in [6.07, 6.45) is 7.09. The minimum Gasteiger partial charge on any atom is -0.372 e. The molecule has 6 heteroatoms. The van der Waals surface area contributed by atoms with E-state index in [2.05, 4.69) is 44.5 Å². The summed E-state index contributed by atoms with van der Waals surface area (Å²) in [6, 6.07) is 8.55. The quantitative estimate of drug-likeness (QED) is 0.897. The number of hydrogen-bond acceptors (Lipinski definition) is 5. The maximum atomic E-state index is 12.9. The van der Waals surface area contributed by atoms with Crippen LogP contribution < -0.4 is 10.2 Å². The first-order valence-electron chi connectivity index (χ1n) is 9.38. The number of likely N-dealkylation sites (tertiary alicyclic amines) is 1. The molecular weight excluding hydrogens is 326 g/mol. The number of anilines is 2. The Morgan fingerprint density at radius 1 is 1.27 bits per heavy atom. The summed E-state index contributed by atoms with van der Waals surface area (Å²) in [6.45, 7) is 2.60. The molecule has 3 heterocycles. The minimum atomic E-state index is 0.0502. The zero-order chi connectivity index (χ0) is 17.9. The predicted octanol–water partition coefficient (Wildman–Crippen LogP) is 2.63. The largest absolute Gasteiger partial charge is 0.372 e. The fraction of sp³-hybridized carbons (Fsp3) is 0.450. The van der Waals surface area contributed by atoms with E-state index in [4.69, 9.17) is 0 Å². The van der Waals surface area contributed by atoms with E-state index in [-0.39, 0.29) is 11.9 Å². The fourth-order valence-electron chi connectivity index (χ4n) is 4.05. The van der Waals surface area contributed by atoms with Crippen LogP contribution in [0.5, 0.6) is 0 Å². The third kappa shape index (κ3) is 3.23. The summed E-state index contributed by atoms with van der Waals surface area (Å²) in [5.41, 5.74) is 3.55. The van der Waals surface area contributed by atoms with Gasteiger partial charge < -0.3 is 15.1 Å². The van der Waals surface area contributed by atoms with Crippen LogP contribution in [0.1, 0.15) is 36.6 Å². The van der Waals surface area contributed by atoms with E-state index in [9.17, 15) is 4.79 Å². The van der Waals surface area contributed by atoms with Crippen molar-refractivity contribution < 1.29 is 4.79 Å². The van der Waals surface area contributed by atoms with Gasteiger partial charge in [-0.3, -0.25) is 9.78 Å². The molecule has 2 aliphatic rings. The summed E-state index contributed by atoms with van der Waals surface area (Å²) in [5, 5.41) is 3.02. The number of benzene rings is 1. The molecule has 2 aromatic rings. The highest BCUT2D eigenvalue weighted by atomic mass is 16.2. The standard InChI is InChI=1S/C20H25N5O/c1-21-19-14-22-13-16(23-19)18-7-4-10-25(18)20(26)9-12-24-11-8-15-5-2-3-6-17(15)24/h2-3,5-6,13-14,18H,4,7-12H2,1H3,(H,21,23)/t18-/m0/s1.